The summed E-state index contributed by atoms with van der Waals surface area (Å²) in [5.74, 6) is 0.360. The topological polar surface area (TPSA) is 158 Å². The Balaban J connectivity index is 1.32. The number of rotatable bonds is 11. The molecule has 0 radical (unpaired) electrons. The van der Waals surface area contributed by atoms with Crippen molar-refractivity contribution in [2.45, 2.75) is 18.9 Å². The van der Waals surface area contributed by atoms with Gasteiger partial charge in [-0.05, 0) is 85.6 Å². The first-order valence-electron chi connectivity index (χ1n) is 16.0. The maximum absolute atomic E-state index is 13.7. The Hall–Kier alpha value is -5.33. The van der Waals surface area contributed by atoms with Crippen molar-refractivity contribution in [3.8, 4) is 22.9 Å². The number of hydrogen-bond donors (Lipinski definition) is 3. The summed E-state index contributed by atoms with van der Waals surface area (Å²) in [5, 5.41) is 0.853. The molecule has 0 aliphatic carbocycles. The summed E-state index contributed by atoms with van der Waals surface area (Å²) in [6.07, 6.45) is 0.810. The lowest BCUT2D eigenvalue weighted by atomic mass is 10.1. The number of carbonyl (C=O) groups is 2. The molecule has 11 nitrogen and oxygen atoms in total. The fourth-order valence-electron chi connectivity index (χ4n) is 6.07. The Morgan fingerprint density at radius 2 is 1.60 bits per heavy atom. The third kappa shape index (κ3) is 7.93. The van der Waals surface area contributed by atoms with Crippen molar-refractivity contribution >= 4 is 57.7 Å². The Morgan fingerprint density at radius 3 is 2.28 bits per heavy atom. The number of benzene rings is 4. The summed E-state index contributed by atoms with van der Waals surface area (Å²) < 4.78 is 21.3. The first-order chi connectivity index (χ1) is 24.0. The fourth-order valence-corrected chi connectivity index (χ4v) is 6.57. The second kappa shape index (κ2) is 15.1. The van der Waals surface area contributed by atoms with Crippen LogP contribution in [0.3, 0.4) is 0 Å². The summed E-state index contributed by atoms with van der Waals surface area (Å²) in [4.78, 5) is 39.6. The van der Waals surface area contributed by atoms with Gasteiger partial charge in [0.05, 0.1) is 11.0 Å². The molecule has 0 bridgehead atoms. The van der Waals surface area contributed by atoms with Crippen molar-refractivity contribution in [2.24, 2.45) is 22.2 Å². The van der Waals surface area contributed by atoms with E-state index < -0.39 is 11.9 Å². The van der Waals surface area contributed by atoms with Crippen LogP contribution in [-0.2, 0) is 4.79 Å². The number of amides is 2. The first kappa shape index (κ1) is 34.5. The Kier molecular flexibility index (Phi) is 10.4. The first-order valence-corrected chi connectivity index (χ1v) is 16.7. The zero-order valence-corrected chi connectivity index (χ0v) is 28.4. The number of carbonyl (C=O) groups excluding carboxylic acids is 2. The van der Waals surface area contributed by atoms with Gasteiger partial charge in [-0.25, -0.2) is 9.37 Å². The molecule has 0 saturated carbocycles. The molecular weight excluding hydrogens is 682 g/mol. The van der Waals surface area contributed by atoms with Gasteiger partial charge in [0, 0.05) is 59.6 Å². The van der Waals surface area contributed by atoms with Gasteiger partial charge < -0.3 is 36.3 Å². The highest BCUT2D eigenvalue weighted by atomic mass is 35.5. The molecule has 6 N–H and O–H groups in total. The molecule has 1 atom stereocenters. The fraction of sp³-hybridized carbons (Fsp3) is 0.222. The number of primary amides is 1. The highest BCUT2D eigenvalue weighted by molar-refractivity contribution is 6.34. The van der Waals surface area contributed by atoms with Crippen LogP contribution in [0.2, 0.25) is 10.0 Å². The lowest BCUT2D eigenvalue weighted by Crippen LogP contribution is -2.48. The normalized spacial score (nSPS) is 13.7. The van der Waals surface area contributed by atoms with Crippen molar-refractivity contribution in [2.75, 3.05) is 37.6 Å². The second-order valence-corrected chi connectivity index (χ2v) is 12.7. The molecule has 14 heteroatoms. The largest absolute Gasteiger partial charge is 0.457 e. The summed E-state index contributed by atoms with van der Waals surface area (Å²) in [6.45, 7) is 2.53. The number of aromatic nitrogens is 2. The quantitative estimate of drug-likeness (QED) is 0.0861. The lowest BCUT2D eigenvalue weighted by molar-refractivity contribution is -0.121. The van der Waals surface area contributed by atoms with Gasteiger partial charge >= 0.3 is 0 Å². The van der Waals surface area contributed by atoms with E-state index in [1.54, 1.807) is 76.2 Å². The number of aliphatic imine (C=N–C) groups is 1. The van der Waals surface area contributed by atoms with E-state index in [0.29, 0.717) is 95.1 Å². The number of hydrogen-bond acceptors (Lipinski definition) is 6. The molecule has 1 aliphatic rings. The number of ether oxygens (including phenoxy) is 1. The number of anilines is 1. The zero-order chi connectivity index (χ0) is 35.4. The van der Waals surface area contributed by atoms with Crippen LogP contribution >= 0.6 is 23.2 Å². The van der Waals surface area contributed by atoms with Gasteiger partial charge in [0.15, 0.2) is 5.96 Å². The number of halogens is 3. The number of nitrogens with two attached hydrogens (primary N) is 3. The molecule has 258 valence electrons. The predicted octanol–water partition coefficient (Wildman–Crippen LogP) is 5.98. The molecule has 1 saturated heterocycles. The molecule has 1 aromatic heterocycles. The smallest absolute Gasteiger partial charge is 0.254 e. The maximum Gasteiger partial charge on any atom is 0.254 e. The van der Waals surface area contributed by atoms with Crippen LogP contribution in [0.4, 0.5) is 10.1 Å². The SMILES string of the molecule is NC(=O)[C@@H](CCCN=C(N)N)n1c(-c2cccc(Oc3cc(Cl)cc(Cl)c3)c2)nc2cc(C(=O)N3CCN(c4ccc(F)cc4)CC3)ccc21. The van der Waals surface area contributed by atoms with Crippen molar-refractivity contribution in [1.82, 2.24) is 14.5 Å². The highest BCUT2D eigenvalue weighted by Gasteiger charge is 2.27. The minimum Gasteiger partial charge on any atom is -0.457 e. The van der Waals surface area contributed by atoms with Gasteiger partial charge in [0.1, 0.15) is 29.2 Å². The monoisotopic (exact) mass is 716 g/mol. The summed E-state index contributed by atoms with van der Waals surface area (Å²) in [6, 6.07) is 22.9. The standard InChI is InChI=1S/C36H35Cl2FN8O3/c37-24-19-25(38)21-29(20-24)50-28-4-1-3-22(17-28)34-44-30-18-23(6-11-31(30)47(34)32(33(40)48)5-2-12-43-36(41)42)35(49)46-15-13-45(14-16-46)27-9-7-26(39)8-10-27/h1,3-4,6-11,17-21,32H,2,5,12-16H2,(H2,40,48)(H4,41,42,43)/t32-/m1/s1. The van der Waals surface area contributed by atoms with Gasteiger partial charge in [0.25, 0.3) is 5.91 Å². The maximum atomic E-state index is 13.7. The highest BCUT2D eigenvalue weighted by Crippen LogP contribution is 2.35. The predicted molar refractivity (Wildman–Crippen MR) is 194 cm³/mol. The molecule has 6 rings (SSSR count). The molecule has 2 amide bonds. The van der Waals surface area contributed by atoms with Gasteiger partial charge in [-0.15, -0.1) is 0 Å². The minimum absolute atomic E-state index is 0.0405. The van der Waals surface area contributed by atoms with Gasteiger partial charge in [0.2, 0.25) is 5.91 Å². The molecule has 1 fully saturated rings. The molecule has 5 aromatic rings. The summed E-state index contributed by atoms with van der Waals surface area (Å²) in [7, 11) is 0. The van der Waals surface area contributed by atoms with Crippen molar-refractivity contribution < 1.29 is 18.7 Å². The Labute approximate surface area is 298 Å². The van der Waals surface area contributed by atoms with Gasteiger partial charge in [-0.1, -0.05) is 35.3 Å². The Morgan fingerprint density at radius 1 is 0.880 bits per heavy atom. The molecular formula is C36H35Cl2FN8O3. The molecule has 0 unspecified atom stereocenters. The van der Waals surface area contributed by atoms with Crippen LogP contribution in [0, 0.1) is 5.82 Å². The third-order valence-electron chi connectivity index (χ3n) is 8.43. The van der Waals surface area contributed by atoms with E-state index >= 15 is 0 Å². The van der Waals surface area contributed by atoms with E-state index in [9.17, 15) is 14.0 Å². The number of piperazine rings is 1. The molecule has 2 heterocycles. The summed E-state index contributed by atoms with van der Waals surface area (Å²) >= 11 is 12.4. The third-order valence-corrected chi connectivity index (χ3v) is 8.87. The summed E-state index contributed by atoms with van der Waals surface area (Å²) in [5.41, 5.74) is 20.2. The van der Waals surface area contributed by atoms with Crippen LogP contribution in [0.15, 0.2) is 89.9 Å². The molecule has 1 aliphatic heterocycles. The average molecular weight is 718 g/mol. The van der Waals surface area contributed by atoms with E-state index in [2.05, 4.69) is 9.89 Å². The van der Waals surface area contributed by atoms with Crippen LogP contribution in [-0.4, -0.2) is 64.9 Å². The number of imidazole rings is 1. The average Bonchev–Trinajstić information content (AvgIpc) is 3.46. The van der Waals surface area contributed by atoms with Crippen molar-refractivity contribution in [3.63, 3.8) is 0 Å². The van der Waals surface area contributed by atoms with E-state index in [-0.39, 0.29) is 17.7 Å². The molecule has 4 aromatic carbocycles. The van der Waals surface area contributed by atoms with E-state index in [1.165, 1.54) is 12.1 Å². The molecule has 50 heavy (non-hydrogen) atoms. The van der Waals surface area contributed by atoms with E-state index in [0.717, 1.165) is 5.69 Å². The van der Waals surface area contributed by atoms with E-state index in [1.807, 2.05) is 6.07 Å². The second-order valence-electron chi connectivity index (χ2n) is 11.9. The van der Waals surface area contributed by atoms with Gasteiger partial charge in [-0.3, -0.25) is 14.6 Å². The van der Waals surface area contributed by atoms with Crippen LogP contribution in [0.5, 0.6) is 11.5 Å². The Bertz CT molecular complexity index is 2040. The van der Waals surface area contributed by atoms with Crippen LogP contribution in [0.1, 0.15) is 29.2 Å². The number of nitrogens with zero attached hydrogens (tertiary/aromatic N) is 5. The molecule has 0 spiro atoms. The van der Waals surface area contributed by atoms with Gasteiger partial charge in [-0.2, -0.15) is 0 Å². The lowest BCUT2D eigenvalue weighted by Gasteiger charge is -2.36. The number of guanidine groups is 1. The van der Waals surface area contributed by atoms with Crippen molar-refractivity contribution in [1.29, 1.82) is 0 Å². The number of fused-ring (bicyclic) bond motifs is 1. The zero-order valence-electron chi connectivity index (χ0n) is 26.9. The van der Waals surface area contributed by atoms with Crippen LogP contribution < -0.4 is 26.8 Å². The van der Waals surface area contributed by atoms with Crippen molar-refractivity contribution in [3.05, 3.63) is 106 Å². The minimum atomic E-state index is -0.804. The van der Waals surface area contributed by atoms with Crippen LogP contribution in [0.25, 0.3) is 22.4 Å². The van der Waals surface area contributed by atoms with E-state index in [4.69, 9.17) is 50.1 Å².